The zero-order valence-corrected chi connectivity index (χ0v) is 13.4. The van der Waals surface area contributed by atoms with Gasteiger partial charge in [-0.15, -0.1) is 0 Å². The Morgan fingerprint density at radius 1 is 1.30 bits per heavy atom. The third-order valence-corrected chi connectivity index (χ3v) is 4.83. The standard InChI is InChI=1S/C17H31N3/c1-4-10-18-16(15-8-6-14(3)7-9-15)13-17-19-11-12-20(17)5-2/h11-12,14-16,18H,4-10,13H2,1-3H3. The van der Waals surface area contributed by atoms with E-state index in [0.717, 1.165) is 31.3 Å². The van der Waals surface area contributed by atoms with Gasteiger partial charge in [0, 0.05) is 31.4 Å². The van der Waals surface area contributed by atoms with Crippen molar-refractivity contribution in [2.45, 2.75) is 71.9 Å². The number of hydrogen-bond acceptors (Lipinski definition) is 2. The molecule has 114 valence electrons. The van der Waals surface area contributed by atoms with Crippen LogP contribution in [-0.4, -0.2) is 22.1 Å². The topological polar surface area (TPSA) is 29.9 Å². The Hall–Kier alpha value is -0.830. The highest BCUT2D eigenvalue weighted by atomic mass is 15.1. The van der Waals surface area contributed by atoms with Crippen molar-refractivity contribution < 1.29 is 0 Å². The first kappa shape index (κ1) is 15.6. The van der Waals surface area contributed by atoms with Gasteiger partial charge in [-0.3, -0.25) is 0 Å². The summed E-state index contributed by atoms with van der Waals surface area (Å²) in [6, 6.07) is 0.607. The van der Waals surface area contributed by atoms with Gasteiger partial charge in [0.1, 0.15) is 5.82 Å². The lowest BCUT2D eigenvalue weighted by atomic mass is 9.78. The van der Waals surface area contributed by atoms with Crippen LogP contribution in [0.1, 0.15) is 58.7 Å². The Bertz CT molecular complexity index is 377. The fourth-order valence-electron chi connectivity index (χ4n) is 3.44. The first-order chi connectivity index (χ1) is 9.74. The number of rotatable bonds is 7. The molecule has 0 bridgehead atoms. The molecule has 1 saturated carbocycles. The summed E-state index contributed by atoms with van der Waals surface area (Å²) in [7, 11) is 0. The second-order valence-corrected chi connectivity index (χ2v) is 6.41. The van der Waals surface area contributed by atoms with Gasteiger partial charge < -0.3 is 9.88 Å². The summed E-state index contributed by atoms with van der Waals surface area (Å²) in [5.41, 5.74) is 0. The van der Waals surface area contributed by atoms with Crippen molar-refractivity contribution in [2.75, 3.05) is 6.54 Å². The van der Waals surface area contributed by atoms with Gasteiger partial charge in [-0.2, -0.15) is 0 Å². The predicted molar refractivity (Wildman–Crippen MR) is 84.8 cm³/mol. The number of nitrogens with one attached hydrogen (secondary N) is 1. The fraction of sp³-hybridized carbons (Fsp3) is 0.824. The lowest BCUT2D eigenvalue weighted by molar-refractivity contribution is 0.226. The summed E-state index contributed by atoms with van der Waals surface area (Å²) >= 11 is 0. The highest BCUT2D eigenvalue weighted by Crippen LogP contribution is 2.31. The lowest BCUT2D eigenvalue weighted by Crippen LogP contribution is -2.40. The summed E-state index contributed by atoms with van der Waals surface area (Å²) in [5, 5.41) is 3.79. The molecule has 1 fully saturated rings. The minimum absolute atomic E-state index is 0.607. The van der Waals surface area contributed by atoms with Crippen LogP contribution in [0.15, 0.2) is 12.4 Å². The summed E-state index contributed by atoms with van der Waals surface area (Å²) in [5.74, 6) is 3.01. The Balaban J connectivity index is 1.99. The molecule has 1 unspecified atom stereocenters. The van der Waals surface area contributed by atoms with Gasteiger partial charge in [-0.1, -0.05) is 26.7 Å². The predicted octanol–water partition coefficient (Wildman–Crippen LogP) is 3.64. The Morgan fingerprint density at radius 3 is 2.70 bits per heavy atom. The molecular weight excluding hydrogens is 246 g/mol. The molecule has 1 aliphatic carbocycles. The van der Waals surface area contributed by atoms with Gasteiger partial charge >= 0.3 is 0 Å². The van der Waals surface area contributed by atoms with Crippen LogP contribution < -0.4 is 5.32 Å². The third-order valence-electron chi connectivity index (χ3n) is 4.83. The number of aryl methyl sites for hydroxylation is 1. The highest BCUT2D eigenvalue weighted by Gasteiger charge is 2.26. The van der Waals surface area contributed by atoms with Crippen molar-refractivity contribution >= 4 is 0 Å². The number of nitrogens with zero attached hydrogens (tertiary/aromatic N) is 2. The van der Waals surface area contributed by atoms with Gasteiger partial charge in [0.25, 0.3) is 0 Å². The van der Waals surface area contributed by atoms with E-state index >= 15 is 0 Å². The monoisotopic (exact) mass is 277 g/mol. The molecule has 1 aliphatic rings. The van der Waals surface area contributed by atoms with Crippen molar-refractivity contribution in [1.82, 2.24) is 14.9 Å². The number of imidazole rings is 1. The quantitative estimate of drug-likeness (QED) is 0.824. The molecule has 1 atom stereocenters. The van der Waals surface area contributed by atoms with E-state index in [1.54, 1.807) is 0 Å². The molecular formula is C17H31N3. The molecule has 0 radical (unpaired) electrons. The average molecular weight is 277 g/mol. The van der Waals surface area contributed by atoms with Crippen molar-refractivity contribution in [3.05, 3.63) is 18.2 Å². The smallest absolute Gasteiger partial charge is 0.110 e. The number of aromatic nitrogens is 2. The summed E-state index contributed by atoms with van der Waals surface area (Å²) in [6.07, 6.45) is 11.9. The van der Waals surface area contributed by atoms with Crippen LogP contribution >= 0.6 is 0 Å². The van der Waals surface area contributed by atoms with Gasteiger partial charge in [0.05, 0.1) is 0 Å². The van der Waals surface area contributed by atoms with Gasteiger partial charge in [0.2, 0.25) is 0 Å². The van der Waals surface area contributed by atoms with Crippen LogP contribution in [0.2, 0.25) is 0 Å². The maximum absolute atomic E-state index is 4.57. The normalized spacial score (nSPS) is 24.8. The average Bonchev–Trinajstić information content (AvgIpc) is 2.91. The molecule has 1 heterocycles. The van der Waals surface area contributed by atoms with Crippen LogP contribution in [0.25, 0.3) is 0 Å². The maximum Gasteiger partial charge on any atom is 0.110 e. The summed E-state index contributed by atoms with van der Waals surface area (Å²) < 4.78 is 2.28. The van der Waals surface area contributed by atoms with E-state index in [0.29, 0.717) is 6.04 Å². The van der Waals surface area contributed by atoms with Gasteiger partial charge in [-0.05, 0) is 44.6 Å². The van der Waals surface area contributed by atoms with Crippen molar-refractivity contribution in [1.29, 1.82) is 0 Å². The molecule has 20 heavy (non-hydrogen) atoms. The highest BCUT2D eigenvalue weighted by molar-refractivity contribution is 4.97. The molecule has 1 aromatic rings. The van der Waals surface area contributed by atoms with E-state index in [-0.39, 0.29) is 0 Å². The molecule has 0 aliphatic heterocycles. The molecule has 1 aromatic heterocycles. The molecule has 0 aromatic carbocycles. The van der Waals surface area contributed by atoms with E-state index in [9.17, 15) is 0 Å². The molecule has 3 heteroatoms. The first-order valence-corrected chi connectivity index (χ1v) is 8.48. The Morgan fingerprint density at radius 2 is 2.05 bits per heavy atom. The van der Waals surface area contributed by atoms with Crippen LogP contribution in [0, 0.1) is 11.8 Å². The summed E-state index contributed by atoms with van der Waals surface area (Å²) in [6.45, 7) is 9.00. The Kier molecular flexibility index (Phi) is 6.08. The second-order valence-electron chi connectivity index (χ2n) is 6.41. The molecule has 0 saturated heterocycles. The van der Waals surface area contributed by atoms with Gasteiger partial charge in [-0.25, -0.2) is 4.98 Å². The van der Waals surface area contributed by atoms with Crippen LogP contribution in [-0.2, 0) is 13.0 Å². The largest absolute Gasteiger partial charge is 0.335 e. The third kappa shape index (κ3) is 4.08. The molecule has 3 nitrogen and oxygen atoms in total. The summed E-state index contributed by atoms with van der Waals surface area (Å²) in [4.78, 5) is 4.57. The maximum atomic E-state index is 4.57. The molecule has 0 spiro atoms. The minimum atomic E-state index is 0.607. The molecule has 1 N–H and O–H groups in total. The fourth-order valence-corrected chi connectivity index (χ4v) is 3.44. The Labute approximate surface area is 124 Å². The van der Waals surface area contributed by atoms with Crippen molar-refractivity contribution in [2.24, 2.45) is 11.8 Å². The lowest BCUT2D eigenvalue weighted by Gasteiger charge is -2.33. The zero-order valence-electron chi connectivity index (χ0n) is 13.4. The van der Waals surface area contributed by atoms with E-state index < -0.39 is 0 Å². The van der Waals surface area contributed by atoms with Gasteiger partial charge in [0.15, 0.2) is 0 Å². The van der Waals surface area contributed by atoms with Crippen LogP contribution in [0.3, 0.4) is 0 Å². The second kappa shape index (κ2) is 7.82. The van der Waals surface area contributed by atoms with Crippen molar-refractivity contribution in [3.8, 4) is 0 Å². The van der Waals surface area contributed by atoms with E-state index in [1.165, 1.54) is 37.9 Å². The van der Waals surface area contributed by atoms with Crippen molar-refractivity contribution in [3.63, 3.8) is 0 Å². The first-order valence-electron chi connectivity index (χ1n) is 8.48. The van der Waals surface area contributed by atoms with Crippen LogP contribution in [0.4, 0.5) is 0 Å². The number of hydrogen-bond donors (Lipinski definition) is 1. The van der Waals surface area contributed by atoms with Crippen LogP contribution in [0.5, 0.6) is 0 Å². The van der Waals surface area contributed by atoms with E-state index in [2.05, 4.69) is 41.8 Å². The SMILES string of the molecule is CCCNC(Cc1nccn1CC)C1CCC(C)CC1. The zero-order chi connectivity index (χ0) is 14.4. The van der Waals surface area contributed by atoms with E-state index in [1.807, 2.05) is 6.20 Å². The molecule has 0 amide bonds. The van der Waals surface area contributed by atoms with E-state index in [4.69, 9.17) is 0 Å². The minimum Gasteiger partial charge on any atom is -0.335 e. The molecule has 2 rings (SSSR count).